The van der Waals surface area contributed by atoms with Crippen molar-refractivity contribution in [1.29, 1.82) is 0 Å². The van der Waals surface area contributed by atoms with Crippen molar-refractivity contribution in [2.45, 2.75) is 46.7 Å². The van der Waals surface area contributed by atoms with Crippen LogP contribution in [0, 0.1) is 13.8 Å². The Kier molecular flexibility index (Phi) is 4.97. The molecule has 0 saturated heterocycles. The Morgan fingerprint density at radius 1 is 1.23 bits per heavy atom. The van der Waals surface area contributed by atoms with Crippen LogP contribution in [0.3, 0.4) is 0 Å². The number of aromatic amines is 1. The molecule has 0 amide bonds. The summed E-state index contributed by atoms with van der Waals surface area (Å²) < 4.78 is 3.32. The minimum atomic E-state index is -0.400. The molecule has 0 aliphatic carbocycles. The van der Waals surface area contributed by atoms with Gasteiger partial charge < -0.3 is 9.88 Å². The summed E-state index contributed by atoms with van der Waals surface area (Å²) in [5.41, 5.74) is 3.52. The van der Waals surface area contributed by atoms with Gasteiger partial charge in [-0.3, -0.25) is 14.3 Å². The minimum Gasteiger partial charge on any atom is -0.378 e. The maximum Gasteiger partial charge on any atom is 0.330 e. The number of hydrogen-bond acceptors (Lipinski definition) is 4. The van der Waals surface area contributed by atoms with E-state index in [2.05, 4.69) is 42.1 Å². The van der Waals surface area contributed by atoms with E-state index >= 15 is 0 Å². The first-order valence-electron chi connectivity index (χ1n) is 8.92. The number of fused-ring (bicyclic) bond motifs is 1. The van der Waals surface area contributed by atoms with E-state index in [4.69, 9.17) is 0 Å². The Labute approximate surface area is 151 Å². The zero-order chi connectivity index (χ0) is 18.8. The van der Waals surface area contributed by atoms with Crippen LogP contribution in [0.4, 0.5) is 5.69 Å². The van der Waals surface area contributed by atoms with E-state index in [1.807, 2.05) is 12.1 Å². The van der Waals surface area contributed by atoms with Gasteiger partial charge in [0.05, 0.1) is 6.54 Å². The fourth-order valence-corrected chi connectivity index (χ4v) is 3.09. The fraction of sp³-hybridized carbons (Fsp3) is 0.421. The van der Waals surface area contributed by atoms with E-state index in [0.29, 0.717) is 30.1 Å². The van der Waals surface area contributed by atoms with Gasteiger partial charge in [-0.15, -0.1) is 0 Å². The van der Waals surface area contributed by atoms with Crippen LogP contribution < -0.4 is 16.6 Å². The predicted octanol–water partition coefficient (Wildman–Crippen LogP) is 2.45. The molecular weight excluding hydrogens is 330 g/mol. The van der Waals surface area contributed by atoms with Gasteiger partial charge in [-0.1, -0.05) is 25.5 Å². The topological polar surface area (TPSA) is 84.7 Å². The first-order chi connectivity index (χ1) is 12.4. The summed E-state index contributed by atoms with van der Waals surface area (Å²) in [6, 6.07) is 6.10. The van der Waals surface area contributed by atoms with Gasteiger partial charge in [0.2, 0.25) is 0 Å². The fourth-order valence-electron chi connectivity index (χ4n) is 3.09. The van der Waals surface area contributed by atoms with E-state index in [1.165, 1.54) is 11.1 Å². The molecule has 138 valence electrons. The van der Waals surface area contributed by atoms with Crippen molar-refractivity contribution in [3.05, 3.63) is 56.0 Å². The number of aromatic nitrogens is 4. The van der Waals surface area contributed by atoms with Crippen LogP contribution >= 0.6 is 0 Å². The van der Waals surface area contributed by atoms with E-state index in [-0.39, 0.29) is 0 Å². The molecular formula is C19H25N5O2. The molecule has 0 fully saturated rings. The molecule has 1 aromatic carbocycles. The maximum absolute atomic E-state index is 12.3. The second-order valence-corrected chi connectivity index (χ2v) is 6.62. The van der Waals surface area contributed by atoms with Crippen LogP contribution in [0.1, 0.15) is 36.7 Å². The van der Waals surface area contributed by atoms with E-state index in [9.17, 15) is 9.59 Å². The zero-order valence-corrected chi connectivity index (χ0v) is 15.7. The molecule has 0 atom stereocenters. The number of imidazole rings is 1. The first-order valence-corrected chi connectivity index (χ1v) is 8.92. The SMILES string of the molecule is CCCCn1c(=O)[nH]c(=O)c2c1nc(CNc1cccc(C)c1C)n2C. The first kappa shape index (κ1) is 18.0. The second kappa shape index (κ2) is 7.19. The van der Waals surface area contributed by atoms with Crippen molar-refractivity contribution in [3.63, 3.8) is 0 Å². The average Bonchev–Trinajstić information content (AvgIpc) is 2.93. The van der Waals surface area contributed by atoms with Crippen molar-refractivity contribution >= 4 is 16.9 Å². The van der Waals surface area contributed by atoms with E-state index in [0.717, 1.165) is 18.5 Å². The Balaban J connectivity index is 2.01. The number of nitrogens with one attached hydrogen (secondary N) is 2. The number of H-pyrrole nitrogens is 1. The number of aryl methyl sites for hydroxylation is 3. The van der Waals surface area contributed by atoms with Gasteiger partial charge in [0.15, 0.2) is 11.2 Å². The van der Waals surface area contributed by atoms with Crippen molar-refractivity contribution in [2.75, 3.05) is 5.32 Å². The molecule has 2 aromatic heterocycles. The highest BCUT2D eigenvalue weighted by molar-refractivity contribution is 5.71. The van der Waals surface area contributed by atoms with Crippen molar-refractivity contribution in [3.8, 4) is 0 Å². The van der Waals surface area contributed by atoms with Crippen LogP contribution in [-0.4, -0.2) is 19.1 Å². The smallest absolute Gasteiger partial charge is 0.330 e. The Morgan fingerprint density at radius 3 is 2.73 bits per heavy atom. The molecule has 3 aromatic rings. The average molecular weight is 355 g/mol. The van der Waals surface area contributed by atoms with Gasteiger partial charge in [0.1, 0.15) is 5.82 Å². The van der Waals surface area contributed by atoms with Crippen LogP contribution in [0.25, 0.3) is 11.2 Å². The lowest BCUT2D eigenvalue weighted by Gasteiger charge is -2.11. The molecule has 7 nitrogen and oxygen atoms in total. The lowest BCUT2D eigenvalue weighted by Crippen LogP contribution is -2.31. The largest absolute Gasteiger partial charge is 0.378 e. The van der Waals surface area contributed by atoms with Gasteiger partial charge in [-0.25, -0.2) is 9.78 Å². The summed E-state index contributed by atoms with van der Waals surface area (Å²) in [5, 5.41) is 3.39. The highest BCUT2D eigenvalue weighted by atomic mass is 16.2. The summed E-state index contributed by atoms with van der Waals surface area (Å²) in [5.74, 6) is 0.710. The van der Waals surface area contributed by atoms with Crippen LogP contribution in [0.2, 0.25) is 0 Å². The molecule has 26 heavy (non-hydrogen) atoms. The Morgan fingerprint density at radius 2 is 2.00 bits per heavy atom. The standard InChI is InChI=1S/C19H25N5O2/c1-5-6-10-24-17-16(18(25)22-19(24)26)23(4)15(21-17)11-20-14-9-7-8-12(2)13(14)3/h7-9,20H,5-6,10-11H2,1-4H3,(H,22,25,26). The second-order valence-electron chi connectivity index (χ2n) is 6.62. The minimum absolute atomic E-state index is 0.397. The van der Waals surface area contributed by atoms with E-state index in [1.54, 1.807) is 16.2 Å². The Hall–Kier alpha value is -2.83. The van der Waals surface area contributed by atoms with Gasteiger partial charge in [-0.05, 0) is 37.5 Å². The highest BCUT2D eigenvalue weighted by Crippen LogP contribution is 2.19. The molecule has 0 aliphatic heterocycles. The molecule has 2 heterocycles. The van der Waals surface area contributed by atoms with Gasteiger partial charge in [0, 0.05) is 19.3 Å². The predicted molar refractivity (Wildman–Crippen MR) is 104 cm³/mol. The number of hydrogen-bond donors (Lipinski definition) is 2. The summed E-state index contributed by atoms with van der Waals surface area (Å²) in [6.07, 6.45) is 1.81. The summed E-state index contributed by atoms with van der Waals surface area (Å²) in [4.78, 5) is 31.5. The number of anilines is 1. The van der Waals surface area contributed by atoms with Gasteiger partial charge >= 0.3 is 5.69 Å². The van der Waals surface area contributed by atoms with Gasteiger partial charge in [0.25, 0.3) is 5.56 Å². The normalized spacial score (nSPS) is 11.2. The lowest BCUT2D eigenvalue weighted by atomic mass is 10.1. The van der Waals surface area contributed by atoms with Crippen LogP contribution in [0.5, 0.6) is 0 Å². The summed E-state index contributed by atoms with van der Waals surface area (Å²) >= 11 is 0. The maximum atomic E-state index is 12.3. The van der Waals surface area contributed by atoms with Crippen molar-refractivity contribution < 1.29 is 0 Å². The number of nitrogens with zero attached hydrogens (tertiary/aromatic N) is 3. The molecule has 3 rings (SSSR count). The quantitative estimate of drug-likeness (QED) is 0.711. The molecule has 0 aliphatic rings. The highest BCUT2D eigenvalue weighted by Gasteiger charge is 2.16. The molecule has 0 unspecified atom stereocenters. The van der Waals surface area contributed by atoms with Crippen molar-refractivity contribution in [1.82, 2.24) is 19.1 Å². The van der Waals surface area contributed by atoms with Crippen LogP contribution in [-0.2, 0) is 20.1 Å². The summed E-state index contributed by atoms with van der Waals surface area (Å²) in [7, 11) is 1.80. The monoisotopic (exact) mass is 355 g/mol. The molecule has 0 radical (unpaired) electrons. The number of unbranched alkanes of at least 4 members (excludes halogenated alkanes) is 1. The third-order valence-electron chi connectivity index (χ3n) is 4.88. The summed E-state index contributed by atoms with van der Waals surface area (Å²) in [6.45, 7) is 7.22. The third kappa shape index (κ3) is 3.16. The third-order valence-corrected chi connectivity index (χ3v) is 4.88. The molecule has 2 N–H and O–H groups in total. The van der Waals surface area contributed by atoms with E-state index < -0.39 is 11.2 Å². The van der Waals surface area contributed by atoms with Gasteiger partial charge in [-0.2, -0.15) is 0 Å². The molecule has 0 spiro atoms. The lowest BCUT2D eigenvalue weighted by molar-refractivity contribution is 0.613. The number of rotatable bonds is 6. The zero-order valence-electron chi connectivity index (χ0n) is 15.7. The number of benzene rings is 1. The van der Waals surface area contributed by atoms with Crippen LogP contribution in [0.15, 0.2) is 27.8 Å². The molecule has 7 heteroatoms. The molecule has 0 saturated carbocycles. The van der Waals surface area contributed by atoms with Crippen molar-refractivity contribution in [2.24, 2.45) is 7.05 Å². The molecule has 0 bridgehead atoms. The Bertz CT molecular complexity index is 1060.